The Hall–Kier alpha value is -1.21. The highest BCUT2D eigenvalue weighted by Gasteiger charge is 2.49. The minimum absolute atomic E-state index is 0.236. The van der Waals surface area contributed by atoms with E-state index >= 15 is 0 Å². The van der Waals surface area contributed by atoms with Crippen molar-refractivity contribution in [1.29, 1.82) is 0 Å². The van der Waals surface area contributed by atoms with E-state index in [1.54, 1.807) is 0 Å². The van der Waals surface area contributed by atoms with Crippen LogP contribution in [0.3, 0.4) is 0 Å². The molecule has 3 N–H and O–H groups in total. The van der Waals surface area contributed by atoms with Crippen LogP contribution in [0.2, 0.25) is 0 Å². The molecule has 2 atom stereocenters. The summed E-state index contributed by atoms with van der Waals surface area (Å²) >= 11 is 5.36. The smallest absolute Gasteiger partial charge is 0.368 e. The first kappa shape index (κ1) is 8.88. The summed E-state index contributed by atoms with van der Waals surface area (Å²) in [5, 5.41) is 19.3. The minimum Gasteiger partial charge on any atom is -0.368 e. The highest BCUT2D eigenvalue weighted by molar-refractivity contribution is 6.32. The lowest BCUT2D eigenvalue weighted by atomic mass is 10.3. The number of aliphatic hydroxyl groups excluding tert-OH is 1. The van der Waals surface area contributed by atoms with Crippen LogP contribution in [0, 0.1) is 10.1 Å². The third-order valence-corrected chi connectivity index (χ3v) is 1.71. The second kappa shape index (κ2) is 2.68. The molecule has 1 heterocycles. The molecule has 12 heavy (non-hydrogen) atoms. The fourth-order valence-electron chi connectivity index (χ4n) is 0.614. The number of rotatable bonds is 1. The van der Waals surface area contributed by atoms with Gasteiger partial charge in [-0.3, -0.25) is 10.1 Å². The summed E-state index contributed by atoms with van der Waals surface area (Å²) in [7, 11) is 0. The minimum atomic E-state index is -2.19. The summed E-state index contributed by atoms with van der Waals surface area (Å²) < 4.78 is 0. The molecule has 0 aliphatic carbocycles. The Bertz CT molecular complexity index is 277. The van der Waals surface area contributed by atoms with Crippen molar-refractivity contribution in [1.82, 2.24) is 0 Å². The Balaban J connectivity index is 2.99. The van der Waals surface area contributed by atoms with Crippen molar-refractivity contribution in [3.05, 3.63) is 10.1 Å². The largest absolute Gasteiger partial charge is 0.376 e. The van der Waals surface area contributed by atoms with E-state index < -0.39 is 16.1 Å². The van der Waals surface area contributed by atoms with Gasteiger partial charge in [-0.1, -0.05) is 0 Å². The standard InChI is InChI=1S/C4H5ClN4O3/c5-4(9(11)12)1-7-3(6)8-2(4)10/h1-2,10H,(H2,6,8). The molecule has 0 bridgehead atoms. The molecule has 0 aromatic heterocycles. The van der Waals surface area contributed by atoms with E-state index in [0.29, 0.717) is 0 Å². The average Bonchev–Trinajstić information content (AvgIpc) is 1.97. The molecule has 0 amide bonds. The van der Waals surface area contributed by atoms with Gasteiger partial charge in [0.15, 0.2) is 0 Å². The molecular weight excluding hydrogens is 188 g/mol. The van der Waals surface area contributed by atoms with Crippen molar-refractivity contribution in [2.45, 2.75) is 11.2 Å². The van der Waals surface area contributed by atoms with Gasteiger partial charge in [0.25, 0.3) is 0 Å². The van der Waals surface area contributed by atoms with Crippen LogP contribution < -0.4 is 5.73 Å². The maximum absolute atomic E-state index is 10.3. The number of hydrogen-bond acceptors (Lipinski definition) is 6. The van der Waals surface area contributed by atoms with Crippen molar-refractivity contribution >= 4 is 23.8 Å². The van der Waals surface area contributed by atoms with Gasteiger partial charge in [-0.2, -0.15) is 0 Å². The van der Waals surface area contributed by atoms with Crippen LogP contribution in [0.5, 0.6) is 0 Å². The van der Waals surface area contributed by atoms with Crippen LogP contribution in [-0.4, -0.2) is 33.4 Å². The molecule has 66 valence electrons. The van der Waals surface area contributed by atoms with E-state index in [2.05, 4.69) is 9.98 Å². The van der Waals surface area contributed by atoms with E-state index in [1.807, 2.05) is 0 Å². The molecule has 1 aliphatic heterocycles. The second-order valence-electron chi connectivity index (χ2n) is 2.10. The number of halogens is 1. The first-order chi connectivity index (χ1) is 5.47. The normalized spacial score (nSPS) is 34.5. The Labute approximate surface area is 71.7 Å². The molecule has 0 aromatic rings. The summed E-state index contributed by atoms with van der Waals surface area (Å²) in [4.78, 5) is 13.8. The average molecular weight is 193 g/mol. The summed E-state index contributed by atoms with van der Waals surface area (Å²) in [6.45, 7) is 0. The number of nitrogens with zero attached hydrogens (tertiary/aromatic N) is 3. The number of guanidine groups is 1. The number of alkyl halides is 1. The third kappa shape index (κ3) is 1.23. The van der Waals surface area contributed by atoms with Crippen molar-refractivity contribution in [2.75, 3.05) is 0 Å². The Kier molecular flexibility index (Phi) is 1.99. The number of nitrogens with two attached hydrogens (primary N) is 1. The van der Waals surface area contributed by atoms with Gasteiger partial charge in [-0.15, -0.1) is 0 Å². The lowest BCUT2D eigenvalue weighted by Gasteiger charge is -2.19. The fourth-order valence-corrected chi connectivity index (χ4v) is 0.712. The summed E-state index contributed by atoms with van der Waals surface area (Å²) in [6, 6.07) is 0. The van der Waals surface area contributed by atoms with Gasteiger partial charge in [0.2, 0.25) is 12.2 Å². The number of aliphatic imine (C=N–C) groups is 2. The van der Waals surface area contributed by atoms with Crippen molar-refractivity contribution in [3.63, 3.8) is 0 Å². The zero-order valence-electron chi connectivity index (χ0n) is 5.72. The highest BCUT2D eigenvalue weighted by Crippen LogP contribution is 2.21. The Morgan fingerprint density at radius 1 is 1.92 bits per heavy atom. The molecule has 1 aliphatic rings. The van der Waals surface area contributed by atoms with Crippen molar-refractivity contribution in [3.8, 4) is 0 Å². The fraction of sp³-hybridized carbons (Fsp3) is 0.500. The zero-order chi connectivity index (χ0) is 9.35. The maximum Gasteiger partial charge on any atom is 0.376 e. The van der Waals surface area contributed by atoms with E-state index in [-0.39, 0.29) is 5.96 Å². The van der Waals surface area contributed by atoms with Gasteiger partial charge in [0.1, 0.15) is 6.21 Å². The number of nitro groups is 1. The molecule has 2 unspecified atom stereocenters. The van der Waals surface area contributed by atoms with E-state index in [4.69, 9.17) is 22.4 Å². The Morgan fingerprint density at radius 2 is 2.50 bits per heavy atom. The molecule has 8 heteroatoms. The van der Waals surface area contributed by atoms with Gasteiger partial charge in [-0.25, -0.2) is 9.98 Å². The molecule has 1 rings (SSSR count). The monoisotopic (exact) mass is 192 g/mol. The van der Waals surface area contributed by atoms with E-state index in [0.717, 1.165) is 6.21 Å². The van der Waals surface area contributed by atoms with Crippen LogP contribution in [0.25, 0.3) is 0 Å². The van der Waals surface area contributed by atoms with Gasteiger partial charge >= 0.3 is 5.00 Å². The molecule has 0 saturated heterocycles. The highest BCUT2D eigenvalue weighted by atomic mass is 35.5. The number of aliphatic hydroxyl groups is 1. The lowest BCUT2D eigenvalue weighted by Crippen LogP contribution is -2.48. The quantitative estimate of drug-likeness (QED) is 0.238. The molecule has 0 radical (unpaired) electrons. The summed E-state index contributed by atoms with van der Waals surface area (Å²) in [5.41, 5.74) is 5.06. The van der Waals surface area contributed by atoms with Gasteiger partial charge < -0.3 is 10.8 Å². The SMILES string of the molecule is NC1=NC(O)C(Cl)([N+](=O)[O-])C=N1. The van der Waals surface area contributed by atoms with Crippen LogP contribution >= 0.6 is 11.6 Å². The van der Waals surface area contributed by atoms with Gasteiger partial charge in [0.05, 0.1) is 4.92 Å². The molecule has 0 saturated carbocycles. The van der Waals surface area contributed by atoms with Crippen LogP contribution in [0.4, 0.5) is 0 Å². The third-order valence-electron chi connectivity index (χ3n) is 1.27. The van der Waals surface area contributed by atoms with Crippen LogP contribution in [0.1, 0.15) is 0 Å². The van der Waals surface area contributed by atoms with E-state index in [1.165, 1.54) is 0 Å². The first-order valence-electron chi connectivity index (χ1n) is 2.87. The molecule has 0 fully saturated rings. The lowest BCUT2D eigenvalue weighted by molar-refractivity contribution is -0.531. The molecule has 0 aromatic carbocycles. The summed E-state index contributed by atoms with van der Waals surface area (Å²) in [5.74, 6) is -0.236. The maximum atomic E-state index is 10.3. The first-order valence-corrected chi connectivity index (χ1v) is 3.24. The van der Waals surface area contributed by atoms with E-state index in [9.17, 15) is 10.1 Å². The van der Waals surface area contributed by atoms with Crippen LogP contribution in [-0.2, 0) is 0 Å². The van der Waals surface area contributed by atoms with Gasteiger partial charge in [-0.05, 0) is 11.6 Å². The molecular formula is C4H5ClN4O3. The van der Waals surface area contributed by atoms with Crippen LogP contribution in [0.15, 0.2) is 9.98 Å². The zero-order valence-corrected chi connectivity index (χ0v) is 6.47. The van der Waals surface area contributed by atoms with Crippen molar-refractivity contribution < 1.29 is 10.0 Å². The second-order valence-corrected chi connectivity index (χ2v) is 2.71. The Morgan fingerprint density at radius 3 is 2.92 bits per heavy atom. The number of hydrogen-bond donors (Lipinski definition) is 2. The topological polar surface area (TPSA) is 114 Å². The summed E-state index contributed by atoms with van der Waals surface area (Å²) in [6.07, 6.45) is -0.951. The predicted octanol–water partition coefficient (Wildman–Crippen LogP) is -1.08. The van der Waals surface area contributed by atoms with Gasteiger partial charge in [0, 0.05) is 0 Å². The van der Waals surface area contributed by atoms with Crippen molar-refractivity contribution in [2.24, 2.45) is 15.7 Å². The predicted molar refractivity (Wildman–Crippen MR) is 41.7 cm³/mol. The molecule has 0 spiro atoms. The molecule has 7 nitrogen and oxygen atoms in total.